The zero-order chi connectivity index (χ0) is 9.62. The van der Waals surface area contributed by atoms with Gasteiger partial charge in [-0.15, -0.1) is 0 Å². The number of nitrogens with two attached hydrogens (primary N) is 1. The van der Waals surface area contributed by atoms with Crippen molar-refractivity contribution in [3.63, 3.8) is 0 Å². The molecule has 1 aliphatic rings. The number of halogens is 2. The van der Waals surface area contributed by atoms with Gasteiger partial charge in [-0.2, -0.15) is 0 Å². The number of hydrogen-bond acceptors (Lipinski definition) is 3. The predicted molar refractivity (Wildman–Crippen MR) is 40.8 cm³/mol. The van der Waals surface area contributed by atoms with Crippen LogP contribution in [-0.4, -0.2) is 31.9 Å². The van der Waals surface area contributed by atoms with Crippen LogP contribution in [0.1, 0.15) is 12.8 Å². The van der Waals surface area contributed by atoms with E-state index in [-0.39, 0.29) is 12.2 Å². The van der Waals surface area contributed by atoms with Crippen molar-refractivity contribution in [3.8, 4) is 0 Å². The molecule has 2 N–H and O–H groups in total. The lowest BCUT2D eigenvalue weighted by Gasteiger charge is -2.07. The van der Waals surface area contributed by atoms with Crippen LogP contribution in [0, 0.1) is 0 Å². The largest absolute Gasteiger partial charge is 0.320 e. The average Bonchev–Trinajstić information content (AvgIpc) is 2.28. The van der Waals surface area contributed by atoms with Gasteiger partial charge in [0.05, 0.1) is 11.3 Å². The van der Waals surface area contributed by atoms with Gasteiger partial charge in [0.25, 0.3) is 5.92 Å². The molecule has 1 saturated carbocycles. The van der Waals surface area contributed by atoms with Crippen molar-refractivity contribution in [2.75, 3.05) is 12.0 Å². The van der Waals surface area contributed by atoms with Crippen LogP contribution in [0.3, 0.4) is 0 Å². The first-order chi connectivity index (χ1) is 5.16. The highest BCUT2D eigenvalue weighted by Crippen LogP contribution is 2.52. The summed E-state index contributed by atoms with van der Waals surface area (Å²) in [7, 11) is -3.18. The van der Waals surface area contributed by atoms with Crippen molar-refractivity contribution in [3.05, 3.63) is 0 Å². The van der Waals surface area contributed by atoms with E-state index in [1.165, 1.54) is 0 Å². The maximum atomic E-state index is 12.4. The lowest BCUT2D eigenvalue weighted by molar-refractivity contribution is 0.0887. The summed E-state index contributed by atoms with van der Waals surface area (Å²) in [5.74, 6) is -3.13. The lowest BCUT2D eigenvalue weighted by Crippen LogP contribution is -2.32. The second-order valence-corrected chi connectivity index (χ2v) is 5.68. The molecule has 0 saturated heterocycles. The highest BCUT2D eigenvalue weighted by atomic mass is 32.2. The highest BCUT2D eigenvalue weighted by Gasteiger charge is 2.68. The van der Waals surface area contributed by atoms with Crippen LogP contribution in [-0.2, 0) is 9.84 Å². The smallest absolute Gasteiger partial charge is 0.267 e. The zero-order valence-electron chi connectivity index (χ0n) is 6.68. The Hall–Kier alpha value is -0.230. The van der Waals surface area contributed by atoms with Gasteiger partial charge in [0.1, 0.15) is 9.84 Å². The topological polar surface area (TPSA) is 60.2 Å². The van der Waals surface area contributed by atoms with Gasteiger partial charge in [0.15, 0.2) is 0 Å². The van der Waals surface area contributed by atoms with E-state index in [1.54, 1.807) is 0 Å². The minimum atomic E-state index is -3.18. The molecule has 0 heterocycles. The van der Waals surface area contributed by atoms with Gasteiger partial charge in [-0.25, -0.2) is 17.2 Å². The summed E-state index contributed by atoms with van der Waals surface area (Å²) in [6, 6.07) is 0. The Morgan fingerprint density at radius 1 is 1.50 bits per heavy atom. The van der Waals surface area contributed by atoms with Crippen LogP contribution < -0.4 is 5.73 Å². The molecule has 12 heavy (non-hydrogen) atoms. The number of hydrogen-bond donors (Lipinski definition) is 1. The standard InChI is InChI=1S/C6H11F2NO2S/c1-12(10,11)3-2-5(9)4-6(5,7)8/h2-4,9H2,1H3. The molecule has 3 nitrogen and oxygen atoms in total. The van der Waals surface area contributed by atoms with Crippen molar-refractivity contribution < 1.29 is 17.2 Å². The van der Waals surface area contributed by atoms with E-state index < -0.39 is 27.7 Å². The summed E-state index contributed by atoms with van der Waals surface area (Å²) in [5, 5.41) is 0. The number of alkyl halides is 2. The van der Waals surface area contributed by atoms with Crippen molar-refractivity contribution in [1.82, 2.24) is 0 Å². The Balaban J connectivity index is 2.46. The molecule has 1 aliphatic carbocycles. The van der Waals surface area contributed by atoms with Crippen LogP contribution in [0.4, 0.5) is 8.78 Å². The zero-order valence-corrected chi connectivity index (χ0v) is 7.50. The summed E-state index contributed by atoms with van der Waals surface area (Å²) in [6.07, 6.45) is 0.464. The molecule has 0 aromatic rings. The second-order valence-electron chi connectivity index (χ2n) is 3.42. The van der Waals surface area contributed by atoms with Crippen molar-refractivity contribution >= 4 is 9.84 Å². The van der Waals surface area contributed by atoms with E-state index >= 15 is 0 Å². The van der Waals surface area contributed by atoms with Crippen LogP contribution in [0.15, 0.2) is 0 Å². The molecule has 0 radical (unpaired) electrons. The Bertz CT molecular complexity index is 288. The summed E-state index contributed by atoms with van der Waals surface area (Å²) in [5.41, 5.74) is 3.66. The van der Waals surface area contributed by atoms with Crippen molar-refractivity contribution in [1.29, 1.82) is 0 Å². The second kappa shape index (κ2) is 2.38. The van der Waals surface area contributed by atoms with E-state index in [1.807, 2.05) is 0 Å². The fourth-order valence-corrected chi connectivity index (χ4v) is 1.73. The van der Waals surface area contributed by atoms with Gasteiger partial charge in [-0.3, -0.25) is 0 Å². The first-order valence-electron chi connectivity index (χ1n) is 3.51. The molecular weight excluding hydrogens is 188 g/mol. The molecule has 1 fully saturated rings. The summed E-state index contributed by atoms with van der Waals surface area (Å²) >= 11 is 0. The molecule has 0 bridgehead atoms. The molecule has 1 unspecified atom stereocenters. The minimum absolute atomic E-state index is 0.154. The van der Waals surface area contributed by atoms with Crippen LogP contribution in [0.2, 0.25) is 0 Å². The number of rotatable bonds is 3. The molecule has 0 amide bonds. The maximum absolute atomic E-state index is 12.4. The third kappa shape index (κ3) is 1.92. The third-order valence-electron chi connectivity index (χ3n) is 2.06. The van der Waals surface area contributed by atoms with E-state index in [0.29, 0.717) is 0 Å². The highest BCUT2D eigenvalue weighted by molar-refractivity contribution is 7.90. The Morgan fingerprint density at radius 3 is 2.17 bits per heavy atom. The van der Waals surface area contributed by atoms with Gasteiger partial charge in [0.2, 0.25) is 0 Å². The SMILES string of the molecule is CS(=O)(=O)CCC1(N)CC1(F)F. The minimum Gasteiger partial charge on any atom is -0.320 e. The molecule has 72 valence electrons. The summed E-state index contributed by atoms with van der Waals surface area (Å²) in [4.78, 5) is 0. The molecule has 0 aliphatic heterocycles. The molecule has 6 heteroatoms. The van der Waals surface area contributed by atoms with Gasteiger partial charge in [-0.1, -0.05) is 0 Å². The first-order valence-corrected chi connectivity index (χ1v) is 5.57. The van der Waals surface area contributed by atoms with E-state index in [9.17, 15) is 17.2 Å². The lowest BCUT2D eigenvalue weighted by atomic mass is 10.2. The summed E-state index contributed by atoms with van der Waals surface area (Å²) < 4.78 is 46.1. The Kier molecular flexibility index (Phi) is 1.96. The fourth-order valence-electron chi connectivity index (χ4n) is 0.991. The van der Waals surface area contributed by atoms with Gasteiger partial charge in [-0.05, 0) is 6.42 Å². The summed E-state index contributed by atoms with van der Waals surface area (Å²) in [6.45, 7) is 0. The van der Waals surface area contributed by atoms with E-state index in [4.69, 9.17) is 5.73 Å². The first kappa shape index (κ1) is 9.85. The van der Waals surface area contributed by atoms with E-state index in [0.717, 1.165) is 6.26 Å². The van der Waals surface area contributed by atoms with E-state index in [2.05, 4.69) is 0 Å². The van der Waals surface area contributed by atoms with Crippen LogP contribution in [0.5, 0.6) is 0 Å². The molecule has 0 spiro atoms. The fraction of sp³-hybridized carbons (Fsp3) is 1.00. The Morgan fingerprint density at radius 2 is 1.92 bits per heavy atom. The quantitative estimate of drug-likeness (QED) is 0.704. The van der Waals surface area contributed by atoms with Crippen molar-refractivity contribution in [2.24, 2.45) is 5.73 Å². The van der Waals surface area contributed by atoms with Gasteiger partial charge in [0, 0.05) is 12.7 Å². The molecule has 1 atom stereocenters. The normalized spacial score (nSPS) is 33.3. The average molecular weight is 199 g/mol. The predicted octanol–water partition coefficient (Wildman–Crippen LogP) is 0.158. The van der Waals surface area contributed by atoms with Gasteiger partial charge < -0.3 is 5.73 Å². The number of sulfone groups is 1. The van der Waals surface area contributed by atoms with Crippen LogP contribution >= 0.6 is 0 Å². The molecular formula is C6H11F2NO2S. The maximum Gasteiger partial charge on any atom is 0.267 e. The molecule has 0 aromatic heterocycles. The molecule has 1 rings (SSSR count). The van der Waals surface area contributed by atoms with Crippen molar-refractivity contribution in [2.45, 2.75) is 24.3 Å². The Labute approximate surface area is 69.9 Å². The van der Waals surface area contributed by atoms with Crippen LogP contribution in [0.25, 0.3) is 0 Å². The molecule has 0 aromatic carbocycles. The monoisotopic (exact) mass is 199 g/mol. The van der Waals surface area contributed by atoms with Gasteiger partial charge >= 0.3 is 0 Å². The third-order valence-corrected chi connectivity index (χ3v) is 3.01.